The summed E-state index contributed by atoms with van der Waals surface area (Å²) >= 11 is 0. The van der Waals surface area contributed by atoms with Crippen LogP contribution in [0.4, 0.5) is 0 Å². The molecule has 3 atom stereocenters. The minimum Gasteiger partial charge on any atom is -0.481 e. The molecular weight excluding hydrogens is 206 g/mol. The second-order valence-electron chi connectivity index (χ2n) is 5.29. The third-order valence-electron chi connectivity index (χ3n) is 3.96. The third-order valence-corrected chi connectivity index (χ3v) is 3.96. The lowest BCUT2D eigenvalue weighted by Crippen LogP contribution is -2.34. The van der Waals surface area contributed by atoms with Gasteiger partial charge in [-0.1, -0.05) is 13.8 Å². The van der Waals surface area contributed by atoms with Crippen molar-refractivity contribution in [2.24, 2.45) is 23.7 Å². The Hall–Kier alpha value is -1.06. The van der Waals surface area contributed by atoms with Gasteiger partial charge in [0.1, 0.15) is 0 Å². The van der Waals surface area contributed by atoms with Crippen molar-refractivity contribution < 1.29 is 14.7 Å². The molecule has 1 unspecified atom stereocenters. The van der Waals surface area contributed by atoms with Crippen molar-refractivity contribution in [3.05, 3.63) is 0 Å². The number of carboxylic acids is 1. The van der Waals surface area contributed by atoms with Crippen molar-refractivity contribution in [3.63, 3.8) is 0 Å². The van der Waals surface area contributed by atoms with Crippen LogP contribution in [0.2, 0.25) is 0 Å². The van der Waals surface area contributed by atoms with E-state index in [1.807, 2.05) is 13.8 Å². The molecule has 2 fully saturated rings. The lowest BCUT2D eigenvalue weighted by molar-refractivity contribution is -0.142. The Kier molecular flexibility index (Phi) is 2.91. The van der Waals surface area contributed by atoms with Crippen LogP contribution in [0.15, 0.2) is 0 Å². The van der Waals surface area contributed by atoms with Crippen LogP contribution in [-0.2, 0) is 9.59 Å². The standard InChI is InChI=1S/C12H19NO3/c1-7-5-13(6-10(7)12(15)16)11(14)8(2)9-3-4-9/h7-10H,3-6H2,1-2H3,(H,15,16)/t7-,8?,10-/m1/s1. The highest BCUT2D eigenvalue weighted by Gasteiger charge is 2.41. The summed E-state index contributed by atoms with van der Waals surface area (Å²) in [5, 5.41) is 9.01. The fourth-order valence-electron chi connectivity index (χ4n) is 2.55. The molecule has 1 saturated carbocycles. The molecule has 0 aromatic heterocycles. The van der Waals surface area contributed by atoms with Gasteiger partial charge in [0.25, 0.3) is 0 Å². The van der Waals surface area contributed by atoms with Crippen LogP contribution in [0.3, 0.4) is 0 Å². The zero-order valence-corrected chi connectivity index (χ0v) is 9.85. The highest BCUT2D eigenvalue weighted by atomic mass is 16.4. The average molecular weight is 225 g/mol. The van der Waals surface area contributed by atoms with E-state index in [-0.39, 0.29) is 23.7 Å². The molecule has 0 radical (unpaired) electrons. The van der Waals surface area contributed by atoms with E-state index in [0.29, 0.717) is 19.0 Å². The lowest BCUT2D eigenvalue weighted by atomic mass is 9.99. The predicted molar refractivity (Wildman–Crippen MR) is 58.8 cm³/mol. The van der Waals surface area contributed by atoms with E-state index in [4.69, 9.17) is 5.11 Å². The summed E-state index contributed by atoms with van der Waals surface area (Å²) in [7, 11) is 0. The first-order valence-electron chi connectivity index (χ1n) is 6.02. The van der Waals surface area contributed by atoms with Crippen LogP contribution >= 0.6 is 0 Å². The lowest BCUT2D eigenvalue weighted by Gasteiger charge is -2.20. The van der Waals surface area contributed by atoms with E-state index in [0.717, 1.165) is 12.8 Å². The Labute approximate surface area is 95.6 Å². The van der Waals surface area contributed by atoms with Crippen molar-refractivity contribution in [1.29, 1.82) is 0 Å². The molecule has 1 aliphatic carbocycles. The maximum absolute atomic E-state index is 12.1. The van der Waals surface area contributed by atoms with Crippen molar-refractivity contribution in [2.45, 2.75) is 26.7 Å². The van der Waals surface area contributed by atoms with Gasteiger partial charge in [-0.15, -0.1) is 0 Å². The van der Waals surface area contributed by atoms with Gasteiger partial charge in [0.05, 0.1) is 5.92 Å². The summed E-state index contributed by atoms with van der Waals surface area (Å²) in [5.41, 5.74) is 0. The Morgan fingerprint density at radius 1 is 1.31 bits per heavy atom. The van der Waals surface area contributed by atoms with Crippen molar-refractivity contribution in [3.8, 4) is 0 Å². The Balaban J connectivity index is 1.96. The molecular formula is C12H19NO3. The van der Waals surface area contributed by atoms with Gasteiger partial charge in [0.2, 0.25) is 5.91 Å². The first-order chi connectivity index (χ1) is 7.50. The third kappa shape index (κ3) is 2.06. The summed E-state index contributed by atoms with van der Waals surface area (Å²) in [6.07, 6.45) is 2.30. The summed E-state index contributed by atoms with van der Waals surface area (Å²) in [6.45, 7) is 4.88. The van der Waals surface area contributed by atoms with Crippen LogP contribution < -0.4 is 0 Å². The van der Waals surface area contributed by atoms with E-state index >= 15 is 0 Å². The first kappa shape index (κ1) is 11.4. The number of carboxylic acid groups (broad SMARTS) is 1. The summed E-state index contributed by atoms with van der Waals surface area (Å²) in [5.74, 6) is -0.297. The van der Waals surface area contributed by atoms with Crippen LogP contribution in [0.5, 0.6) is 0 Å². The minimum atomic E-state index is -0.776. The van der Waals surface area contributed by atoms with E-state index in [1.54, 1.807) is 4.90 Å². The fourth-order valence-corrected chi connectivity index (χ4v) is 2.55. The Morgan fingerprint density at radius 2 is 1.94 bits per heavy atom. The normalized spacial score (nSPS) is 31.5. The maximum atomic E-state index is 12.1. The van der Waals surface area contributed by atoms with Gasteiger partial charge in [-0.05, 0) is 24.7 Å². The second-order valence-corrected chi connectivity index (χ2v) is 5.29. The molecule has 2 aliphatic rings. The van der Waals surface area contributed by atoms with Crippen molar-refractivity contribution >= 4 is 11.9 Å². The number of rotatable bonds is 3. The molecule has 16 heavy (non-hydrogen) atoms. The zero-order valence-electron chi connectivity index (χ0n) is 9.85. The van der Waals surface area contributed by atoms with Crippen LogP contribution in [0.1, 0.15) is 26.7 Å². The zero-order chi connectivity index (χ0) is 11.9. The van der Waals surface area contributed by atoms with Gasteiger partial charge in [-0.2, -0.15) is 0 Å². The van der Waals surface area contributed by atoms with Gasteiger partial charge in [0, 0.05) is 19.0 Å². The highest BCUT2D eigenvalue weighted by molar-refractivity contribution is 5.81. The molecule has 1 saturated heterocycles. The van der Waals surface area contributed by atoms with Crippen LogP contribution in [0.25, 0.3) is 0 Å². The number of aliphatic carboxylic acids is 1. The monoisotopic (exact) mass is 225 g/mol. The highest BCUT2D eigenvalue weighted by Crippen LogP contribution is 2.38. The molecule has 4 nitrogen and oxygen atoms in total. The summed E-state index contributed by atoms with van der Waals surface area (Å²) < 4.78 is 0. The number of nitrogens with zero attached hydrogens (tertiary/aromatic N) is 1. The Bertz CT molecular complexity index is 311. The fraction of sp³-hybridized carbons (Fsp3) is 0.833. The minimum absolute atomic E-state index is 0.0767. The maximum Gasteiger partial charge on any atom is 0.308 e. The smallest absolute Gasteiger partial charge is 0.308 e. The molecule has 1 amide bonds. The quantitative estimate of drug-likeness (QED) is 0.785. The van der Waals surface area contributed by atoms with Crippen molar-refractivity contribution in [1.82, 2.24) is 4.90 Å². The molecule has 0 bridgehead atoms. The van der Waals surface area contributed by atoms with Gasteiger partial charge < -0.3 is 10.0 Å². The van der Waals surface area contributed by atoms with Gasteiger partial charge in [0.15, 0.2) is 0 Å². The van der Waals surface area contributed by atoms with E-state index in [9.17, 15) is 9.59 Å². The van der Waals surface area contributed by atoms with E-state index in [1.165, 1.54) is 0 Å². The Morgan fingerprint density at radius 3 is 2.38 bits per heavy atom. The SMILES string of the molecule is CC(C(=O)N1C[C@@H](C)[C@H](C(=O)O)C1)C1CC1. The molecule has 2 rings (SSSR count). The molecule has 0 spiro atoms. The van der Waals surface area contributed by atoms with E-state index < -0.39 is 5.97 Å². The molecule has 0 aromatic carbocycles. The molecule has 90 valence electrons. The number of likely N-dealkylation sites (tertiary alicyclic amines) is 1. The number of carbonyl (C=O) groups excluding carboxylic acids is 1. The molecule has 4 heteroatoms. The largest absolute Gasteiger partial charge is 0.481 e. The molecule has 1 aliphatic heterocycles. The van der Waals surface area contributed by atoms with Gasteiger partial charge in [-0.25, -0.2) is 0 Å². The number of amides is 1. The van der Waals surface area contributed by atoms with Gasteiger partial charge >= 0.3 is 5.97 Å². The molecule has 1 N–H and O–H groups in total. The van der Waals surface area contributed by atoms with Crippen molar-refractivity contribution in [2.75, 3.05) is 13.1 Å². The van der Waals surface area contributed by atoms with Crippen LogP contribution in [0, 0.1) is 23.7 Å². The topological polar surface area (TPSA) is 57.6 Å². The van der Waals surface area contributed by atoms with E-state index in [2.05, 4.69) is 0 Å². The number of carbonyl (C=O) groups is 2. The number of hydrogen-bond donors (Lipinski definition) is 1. The summed E-state index contributed by atoms with van der Waals surface area (Å²) in [4.78, 5) is 24.8. The van der Waals surface area contributed by atoms with Gasteiger partial charge in [-0.3, -0.25) is 9.59 Å². The predicted octanol–water partition coefficient (Wildman–Crippen LogP) is 1.21. The first-order valence-corrected chi connectivity index (χ1v) is 6.02. The molecule has 0 aromatic rings. The second kappa shape index (κ2) is 4.07. The summed E-state index contributed by atoms with van der Waals surface area (Å²) in [6, 6.07) is 0. The number of hydrogen-bond acceptors (Lipinski definition) is 2. The van der Waals surface area contributed by atoms with Crippen LogP contribution in [-0.4, -0.2) is 35.0 Å². The average Bonchev–Trinajstić information content (AvgIpc) is 2.99. The molecule has 1 heterocycles.